The number of imidazole rings is 1. The third kappa shape index (κ3) is 2.76. The number of pyridine rings is 1. The summed E-state index contributed by atoms with van der Waals surface area (Å²) in [6.07, 6.45) is 5.97. The Bertz CT molecular complexity index is 1340. The smallest absolute Gasteiger partial charge is 0.352 e. The minimum absolute atomic E-state index is 0.0511. The first kappa shape index (κ1) is 20.5. The highest BCUT2D eigenvalue weighted by molar-refractivity contribution is 7.18. The molecule has 0 aromatic carbocycles. The molecule has 3 aromatic heterocycles. The Labute approximate surface area is 186 Å². The van der Waals surface area contributed by atoms with Gasteiger partial charge in [-0.15, -0.1) is 11.3 Å². The number of thiazole rings is 1. The van der Waals surface area contributed by atoms with E-state index in [0.717, 1.165) is 0 Å². The molecule has 5 heterocycles. The lowest BCUT2D eigenvalue weighted by atomic mass is 9.77. The van der Waals surface area contributed by atoms with Gasteiger partial charge in [-0.2, -0.15) is 0 Å². The molecular formula is C22H21N4O5S+. The topological polar surface area (TPSA) is 116 Å². The van der Waals surface area contributed by atoms with Crippen LogP contribution in [0.2, 0.25) is 0 Å². The molecule has 4 atom stereocenters. The van der Waals surface area contributed by atoms with Gasteiger partial charge in [0.05, 0.1) is 28.5 Å². The van der Waals surface area contributed by atoms with Gasteiger partial charge < -0.3 is 15.1 Å². The molecule has 2 aliphatic rings. The summed E-state index contributed by atoms with van der Waals surface area (Å²) in [5.41, 5.74) is 1.28. The maximum atomic E-state index is 13.0. The first-order valence-electron chi connectivity index (χ1n) is 10.2. The number of carbonyl (C=O) groups excluding carboxylic acids is 2. The average molecular weight is 454 g/mol. The maximum Gasteiger partial charge on any atom is 0.352 e. The van der Waals surface area contributed by atoms with Crippen molar-refractivity contribution in [3.63, 3.8) is 0 Å². The van der Waals surface area contributed by atoms with E-state index in [0.29, 0.717) is 20.8 Å². The molecule has 2 N–H and O–H groups in total. The molecule has 0 spiro atoms. The predicted molar refractivity (Wildman–Crippen MR) is 114 cm³/mol. The number of carboxylic acid groups (broad SMARTS) is 1. The molecule has 0 unspecified atom stereocenters. The highest BCUT2D eigenvalue weighted by atomic mass is 32.1. The highest BCUT2D eigenvalue weighted by Crippen LogP contribution is 2.51. The largest absolute Gasteiger partial charge is 0.477 e. The van der Waals surface area contributed by atoms with Crippen LogP contribution in [-0.2, 0) is 16.6 Å². The number of aryl methyl sites for hydroxylation is 1. The second kappa shape index (κ2) is 7.07. The van der Waals surface area contributed by atoms with Gasteiger partial charge in [-0.25, -0.2) is 14.3 Å². The Morgan fingerprint density at radius 1 is 1.34 bits per heavy atom. The normalized spacial score (nSPS) is 23.4. The van der Waals surface area contributed by atoms with Crippen LogP contribution in [0.25, 0.3) is 10.4 Å². The molecule has 10 heteroatoms. The Hall–Kier alpha value is -3.37. The van der Waals surface area contributed by atoms with Gasteiger partial charge in [0, 0.05) is 23.8 Å². The summed E-state index contributed by atoms with van der Waals surface area (Å²) < 4.78 is 3.49. The molecule has 9 nitrogen and oxygen atoms in total. The van der Waals surface area contributed by atoms with Crippen LogP contribution in [0.15, 0.2) is 42.7 Å². The van der Waals surface area contributed by atoms with Gasteiger partial charge in [0.1, 0.15) is 29.6 Å². The van der Waals surface area contributed by atoms with Gasteiger partial charge in [0.25, 0.3) is 0 Å². The summed E-state index contributed by atoms with van der Waals surface area (Å²) in [7, 11) is 1.83. The van der Waals surface area contributed by atoms with E-state index in [-0.39, 0.29) is 29.0 Å². The molecule has 1 fully saturated rings. The molecule has 164 valence electrons. The zero-order valence-electron chi connectivity index (χ0n) is 17.6. The van der Waals surface area contributed by atoms with Crippen LogP contribution in [0.4, 0.5) is 0 Å². The molecule has 0 radical (unpaired) electrons. The van der Waals surface area contributed by atoms with Gasteiger partial charge >= 0.3 is 5.97 Å². The van der Waals surface area contributed by atoms with E-state index in [9.17, 15) is 24.6 Å². The van der Waals surface area contributed by atoms with Crippen molar-refractivity contribution in [2.75, 3.05) is 0 Å². The minimum Gasteiger partial charge on any atom is -0.477 e. The summed E-state index contributed by atoms with van der Waals surface area (Å²) >= 11 is 1.27. The second-order valence-electron chi connectivity index (χ2n) is 8.31. The number of β-lactam (4-membered cyclic amide) rings is 1. The molecule has 32 heavy (non-hydrogen) atoms. The molecule has 0 bridgehead atoms. The number of carbonyl (C=O) groups is 3. The van der Waals surface area contributed by atoms with Gasteiger partial charge in [0.15, 0.2) is 12.4 Å². The number of aliphatic carboxylic acids is 1. The zero-order valence-corrected chi connectivity index (χ0v) is 18.4. The van der Waals surface area contributed by atoms with Gasteiger partial charge in [-0.05, 0) is 13.0 Å². The highest BCUT2D eigenvalue weighted by Gasteiger charge is 2.60. The van der Waals surface area contributed by atoms with E-state index in [1.807, 2.05) is 20.2 Å². The lowest BCUT2D eigenvalue weighted by Gasteiger charge is -2.46. The molecule has 1 saturated heterocycles. The van der Waals surface area contributed by atoms with Gasteiger partial charge in [0.2, 0.25) is 11.7 Å². The third-order valence-corrected chi connectivity index (χ3v) is 7.41. The van der Waals surface area contributed by atoms with E-state index in [2.05, 4.69) is 4.98 Å². The minimum atomic E-state index is -1.18. The van der Waals surface area contributed by atoms with Crippen molar-refractivity contribution in [1.82, 2.24) is 14.3 Å². The molecule has 0 saturated carbocycles. The maximum absolute atomic E-state index is 13.0. The molecule has 3 aromatic rings. The Morgan fingerprint density at radius 3 is 2.75 bits per heavy atom. The molecule has 5 rings (SSSR count). The van der Waals surface area contributed by atoms with Gasteiger partial charge in [-0.1, -0.05) is 6.92 Å². The van der Waals surface area contributed by atoms with Crippen LogP contribution in [0.3, 0.4) is 0 Å². The van der Waals surface area contributed by atoms with Crippen LogP contribution >= 0.6 is 11.3 Å². The van der Waals surface area contributed by atoms with Crippen molar-refractivity contribution >= 4 is 39.4 Å². The standard InChI is InChI=1S/C22H20N4O5S/c1-10-14(18(22(30)31)26-17(10)15(11(2)27)20(26)29)13-8-25-9-23-16(21(25)32-13)19(28)12-5-4-6-24(3)7-12/h4-11,15,17,27H,1-3H3/p+1/t10-,11+,15+,17+/m0/s1. The number of ketones is 1. The number of fused-ring (bicyclic) bond motifs is 2. The zero-order chi connectivity index (χ0) is 22.9. The Balaban J connectivity index is 1.59. The summed E-state index contributed by atoms with van der Waals surface area (Å²) in [5.74, 6) is -2.68. The fraction of sp³-hybridized carbons (Fsp3) is 0.318. The fourth-order valence-corrected chi connectivity index (χ4v) is 6.05. The number of aliphatic hydroxyl groups excluding tert-OH is 1. The summed E-state index contributed by atoms with van der Waals surface area (Å²) in [4.78, 5) is 44.6. The molecule has 0 aliphatic carbocycles. The number of hydrogen-bond acceptors (Lipinski definition) is 6. The average Bonchev–Trinajstić information content (AvgIpc) is 3.37. The van der Waals surface area contributed by atoms with E-state index in [4.69, 9.17) is 0 Å². The lowest BCUT2D eigenvalue weighted by Crippen LogP contribution is -2.63. The van der Waals surface area contributed by atoms with E-state index in [1.54, 1.807) is 40.4 Å². The van der Waals surface area contributed by atoms with Crippen molar-refractivity contribution in [2.24, 2.45) is 18.9 Å². The molecular weight excluding hydrogens is 432 g/mol. The first-order chi connectivity index (χ1) is 15.2. The number of hydrogen-bond donors (Lipinski definition) is 2. The van der Waals surface area contributed by atoms with E-state index < -0.39 is 24.0 Å². The predicted octanol–water partition coefficient (Wildman–Crippen LogP) is 1.10. The van der Waals surface area contributed by atoms with Gasteiger partial charge in [-0.3, -0.25) is 14.0 Å². The number of aromatic nitrogens is 3. The van der Waals surface area contributed by atoms with Crippen molar-refractivity contribution in [3.05, 3.63) is 58.9 Å². The van der Waals surface area contributed by atoms with Crippen LogP contribution in [0, 0.1) is 11.8 Å². The van der Waals surface area contributed by atoms with Crippen molar-refractivity contribution in [2.45, 2.75) is 26.0 Å². The second-order valence-corrected chi connectivity index (χ2v) is 9.34. The van der Waals surface area contributed by atoms with Crippen molar-refractivity contribution in [3.8, 4) is 0 Å². The molecule has 2 aliphatic heterocycles. The third-order valence-electron chi connectivity index (χ3n) is 6.27. The number of carboxylic acids is 1. The number of nitrogens with zero attached hydrogens (tertiary/aromatic N) is 4. The fourth-order valence-electron chi connectivity index (χ4n) is 4.83. The van der Waals surface area contributed by atoms with E-state index >= 15 is 0 Å². The van der Waals surface area contributed by atoms with Crippen molar-refractivity contribution < 1.29 is 29.2 Å². The number of amides is 1. The monoisotopic (exact) mass is 453 g/mol. The Kier molecular flexibility index (Phi) is 4.54. The van der Waals surface area contributed by atoms with Crippen LogP contribution in [-0.4, -0.2) is 54.3 Å². The summed E-state index contributed by atoms with van der Waals surface area (Å²) in [6, 6.07) is 3.11. The lowest BCUT2D eigenvalue weighted by molar-refractivity contribution is -0.671. The number of aliphatic hydroxyl groups is 1. The quantitative estimate of drug-likeness (QED) is 0.340. The SMILES string of the molecule is C[C@@H](O)[C@H]1C(=O)N2C(C(=O)O)=C(c3cn4cnc(C(=O)c5ccc[n+](C)c5)c4s3)[C@H](C)[C@H]12. The Morgan fingerprint density at radius 2 is 2.09 bits per heavy atom. The number of rotatable bonds is 5. The summed E-state index contributed by atoms with van der Waals surface area (Å²) in [6.45, 7) is 3.42. The van der Waals surface area contributed by atoms with Crippen molar-refractivity contribution in [1.29, 1.82) is 0 Å². The van der Waals surface area contributed by atoms with Crippen LogP contribution in [0.5, 0.6) is 0 Å². The van der Waals surface area contributed by atoms with E-state index in [1.165, 1.54) is 22.6 Å². The van der Waals surface area contributed by atoms with Crippen LogP contribution < -0.4 is 4.57 Å². The molecule has 1 amide bonds. The van der Waals surface area contributed by atoms with Crippen LogP contribution in [0.1, 0.15) is 34.8 Å². The summed E-state index contributed by atoms with van der Waals surface area (Å²) in [5, 5.41) is 19.9. The first-order valence-corrected chi connectivity index (χ1v) is 11.0.